The number of amides is 1. The fraction of sp³-hybridized carbons (Fsp3) is 0.600. The third-order valence-electron chi connectivity index (χ3n) is 3.77. The van der Waals surface area contributed by atoms with E-state index in [2.05, 4.69) is 5.32 Å². The van der Waals surface area contributed by atoms with Gasteiger partial charge in [0.15, 0.2) is 0 Å². The summed E-state index contributed by atoms with van der Waals surface area (Å²) in [6.45, 7) is 4.59. The quantitative estimate of drug-likeness (QED) is 0.781. The Balaban J connectivity index is 1.72. The van der Waals surface area contributed by atoms with Crippen LogP contribution in [-0.4, -0.2) is 41.5 Å². The topological polar surface area (TPSA) is 82.8 Å². The van der Waals surface area contributed by atoms with E-state index in [4.69, 9.17) is 9.52 Å². The predicted molar refractivity (Wildman–Crippen MR) is 77.2 cm³/mol. The van der Waals surface area contributed by atoms with Crippen LogP contribution in [0.3, 0.4) is 0 Å². The largest absolute Gasteiger partial charge is 0.475 e. The molecule has 1 aliphatic rings. The van der Waals surface area contributed by atoms with Crippen LogP contribution in [0.25, 0.3) is 0 Å². The molecule has 0 spiro atoms. The first-order valence-corrected chi connectivity index (χ1v) is 7.39. The molecule has 2 rings (SSSR count). The van der Waals surface area contributed by atoms with Crippen molar-refractivity contribution in [1.82, 2.24) is 10.2 Å². The SMILES string of the molecule is Cc1oc(C(=O)O)cc1CNCCC(=O)N1CCCCC1. The Labute approximate surface area is 124 Å². The normalized spacial score (nSPS) is 15.2. The standard InChI is InChI=1S/C15H22N2O4/c1-11-12(9-13(21-11)15(19)20)10-16-6-5-14(18)17-7-3-2-4-8-17/h9,16H,2-8,10H2,1H3,(H,19,20). The van der Waals surface area contributed by atoms with Crippen LogP contribution < -0.4 is 5.32 Å². The number of carbonyl (C=O) groups excluding carboxylic acids is 1. The van der Waals surface area contributed by atoms with Crippen molar-refractivity contribution in [3.63, 3.8) is 0 Å². The zero-order valence-electron chi connectivity index (χ0n) is 12.4. The Kier molecular flexibility index (Phi) is 5.38. The van der Waals surface area contributed by atoms with Crippen LogP contribution in [-0.2, 0) is 11.3 Å². The van der Waals surface area contributed by atoms with Gasteiger partial charge in [-0.2, -0.15) is 0 Å². The molecular formula is C15H22N2O4. The average molecular weight is 294 g/mol. The number of piperidine rings is 1. The molecule has 116 valence electrons. The van der Waals surface area contributed by atoms with Crippen molar-refractivity contribution in [3.8, 4) is 0 Å². The molecule has 0 bridgehead atoms. The highest BCUT2D eigenvalue weighted by Crippen LogP contribution is 2.14. The van der Waals surface area contributed by atoms with E-state index in [-0.39, 0.29) is 11.7 Å². The highest BCUT2D eigenvalue weighted by atomic mass is 16.4. The Hall–Kier alpha value is -1.82. The van der Waals surface area contributed by atoms with Crippen LogP contribution in [0, 0.1) is 6.92 Å². The van der Waals surface area contributed by atoms with Crippen LogP contribution in [0.15, 0.2) is 10.5 Å². The molecular weight excluding hydrogens is 272 g/mol. The molecule has 0 aromatic carbocycles. The fourth-order valence-electron chi connectivity index (χ4n) is 2.52. The summed E-state index contributed by atoms with van der Waals surface area (Å²) in [6, 6.07) is 1.52. The minimum Gasteiger partial charge on any atom is -0.475 e. The van der Waals surface area contributed by atoms with Crippen LogP contribution in [0.4, 0.5) is 0 Å². The van der Waals surface area contributed by atoms with Gasteiger partial charge in [0.2, 0.25) is 11.7 Å². The molecule has 6 heteroatoms. The summed E-state index contributed by atoms with van der Waals surface area (Å²) in [7, 11) is 0. The average Bonchev–Trinajstić information content (AvgIpc) is 2.86. The minimum atomic E-state index is -1.07. The molecule has 1 amide bonds. The summed E-state index contributed by atoms with van der Waals surface area (Å²) in [5.74, 6) is -0.321. The van der Waals surface area contributed by atoms with E-state index >= 15 is 0 Å². The molecule has 1 saturated heterocycles. The highest BCUT2D eigenvalue weighted by molar-refractivity contribution is 5.84. The maximum Gasteiger partial charge on any atom is 0.371 e. The lowest BCUT2D eigenvalue weighted by atomic mass is 10.1. The molecule has 0 saturated carbocycles. The molecule has 0 unspecified atom stereocenters. The molecule has 0 aliphatic carbocycles. The second-order valence-electron chi connectivity index (χ2n) is 5.37. The number of likely N-dealkylation sites (tertiary alicyclic amines) is 1. The number of carbonyl (C=O) groups is 2. The molecule has 0 radical (unpaired) electrons. The first kappa shape index (κ1) is 15.6. The van der Waals surface area contributed by atoms with E-state index in [1.54, 1.807) is 6.92 Å². The van der Waals surface area contributed by atoms with Crippen LogP contribution in [0.5, 0.6) is 0 Å². The zero-order chi connectivity index (χ0) is 15.2. The smallest absolute Gasteiger partial charge is 0.371 e. The minimum absolute atomic E-state index is 0.0475. The molecule has 2 heterocycles. The number of nitrogens with one attached hydrogen (secondary N) is 1. The summed E-state index contributed by atoms with van der Waals surface area (Å²) in [6.07, 6.45) is 3.90. The Morgan fingerprint density at radius 1 is 1.33 bits per heavy atom. The predicted octanol–water partition coefficient (Wildman–Crippen LogP) is 1.78. The fourth-order valence-corrected chi connectivity index (χ4v) is 2.52. The molecule has 1 aromatic rings. The summed E-state index contributed by atoms with van der Waals surface area (Å²) in [5.41, 5.74) is 0.817. The first-order valence-electron chi connectivity index (χ1n) is 7.39. The second-order valence-corrected chi connectivity index (χ2v) is 5.37. The van der Waals surface area contributed by atoms with Gasteiger partial charge in [0.25, 0.3) is 0 Å². The third kappa shape index (κ3) is 4.32. The lowest BCUT2D eigenvalue weighted by Gasteiger charge is -2.26. The van der Waals surface area contributed by atoms with E-state index < -0.39 is 5.97 Å². The van der Waals surface area contributed by atoms with Gasteiger partial charge in [0, 0.05) is 38.2 Å². The molecule has 1 aliphatic heterocycles. The number of hydrogen-bond donors (Lipinski definition) is 2. The molecule has 2 N–H and O–H groups in total. The van der Waals surface area contributed by atoms with Crippen molar-refractivity contribution >= 4 is 11.9 Å². The molecule has 1 fully saturated rings. The van der Waals surface area contributed by atoms with E-state index in [9.17, 15) is 9.59 Å². The highest BCUT2D eigenvalue weighted by Gasteiger charge is 2.16. The van der Waals surface area contributed by atoms with Gasteiger partial charge in [0.05, 0.1) is 0 Å². The van der Waals surface area contributed by atoms with Crippen LogP contribution in [0.1, 0.15) is 47.6 Å². The molecule has 6 nitrogen and oxygen atoms in total. The lowest BCUT2D eigenvalue weighted by molar-refractivity contribution is -0.131. The van der Waals surface area contributed by atoms with E-state index in [1.807, 2.05) is 4.90 Å². The zero-order valence-corrected chi connectivity index (χ0v) is 12.4. The van der Waals surface area contributed by atoms with E-state index in [0.717, 1.165) is 31.5 Å². The van der Waals surface area contributed by atoms with Crippen molar-refractivity contribution in [3.05, 3.63) is 23.2 Å². The van der Waals surface area contributed by atoms with Gasteiger partial charge >= 0.3 is 5.97 Å². The number of carboxylic acids is 1. The number of rotatable bonds is 6. The Morgan fingerprint density at radius 3 is 2.67 bits per heavy atom. The van der Waals surface area contributed by atoms with Gasteiger partial charge in [-0.1, -0.05) is 0 Å². The summed E-state index contributed by atoms with van der Waals surface area (Å²) >= 11 is 0. The number of furan rings is 1. The molecule has 0 atom stereocenters. The van der Waals surface area contributed by atoms with Gasteiger partial charge in [-0.05, 0) is 32.3 Å². The lowest BCUT2D eigenvalue weighted by Crippen LogP contribution is -2.37. The summed E-state index contributed by atoms with van der Waals surface area (Å²) in [5, 5.41) is 12.0. The second kappa shape index (κ2) is 7.26. The van der Waals surface area contributed by atoms with Gasteiger partial charge in [0.1, 0.15) is 5.76 Å². The number of hydrogen-bond acceptors (Lipinski definition) is 4. The van der Waals surface area contributed by atoms with Crippen LogP contribution >= 0.6 is 0 Å². The summed E-state index contributed by atoms with van der Waals surface area (Å²) < 4.78 is 5.13. The number of nitrogens with zero attached hydrogens (tertiary/aromatic N) is 1. The molecule has 1 aromatic heterocycles. The van der Waals surface area contributed by atoms with E-state index in [1.165, 1.54) is 12.5 Å². The molecule has 21 heavy (non-hydrogen) atoms. The van der Waals surface area contributed by atoms with Gasteiger partial charge in [-0.15, -0.1) is 0 Å². The Morgan fingerprint density at radius 2 is 2.05 bits per heavy atom. The van der Waals surface area contributed by atoms with Crippen molar-refractivity contribution in [2.75, 3.05) is 19.6 Å². The van der Waals surface area contributed by atoms with Crippen molar-refractivity contribution in [2.24, 2.45) is 0 Å². The summed E-state index contributed by atoms with van der Waals surface area (Å²) in [4.78, 5) is 24.7. The first-order chi connectivity index (χ1) is 10.1. The maximum absolute atomic E-state index is 12.0. The van der Waals surface area contributed by atoms with Crippen LogP contribution in [0.2, 0.25) is 0 Å². The number of aryl methyl sites for hydroxylation is 1. The van der Waals surface area contributed by atoms with Crippen molar-refractivity contribution in [2.45, 2.75) is 39.2 Å². The third-order valence-corrected chi connectivity index (χ3v) is 3.77. The number of aromatic carboxylic acids is 1. The number of carboxylic acid groups (broad SMARTS) is 1. The van der Waals surface area contributed by atoms with Gasteiger partial charge < -0.3 is 19.7 Å². The van der Waals surface area contributed by atoms with Crippen molar-refractivity contribution in [1.29, 1.82) is 0 Å². The monoisotopic (exact) mass is 294 g/mol. The maximum atomic E-state index is 12.0. The Bertz CT molecular complexity index is 504. The van der Waals surface area contributed by atoms with Gasteiger partial charge in [-0.3, -0.25) is 4.79 Å². The van der Waals surface area contributed by atoms with E-state index in [0.29, 0.717) is 25.3 Å². The van der Waals surface area contributed by atoms with Crippen molar-refractivity contribution < 1.29 is 19.1 Å². The van der Waals surface area contributed by atoms with Gasteiger partial charge in [-0.25, -0.2) is 4.79 Å².